The third kappa shape index (κ3) is 3.44. The lowest BCUT2D eigenvalue weighted by Crippen LogP contribution is -2.48. The molecule has 0 amide bonds. The van der Waals surface area contributed by atoms with Gasteiger partial charge in [0.25, 0.3) is 10.2 Å². The Morgan fingerprint density at radius 2 is 1.89 bits per heavy atom. The molecular weight excluding hydrogens is 250 g/mol. The Balaban J connectivity index is 1.86. The predicted molar refractivity (Wildman–Crippen MR) is 72.5 cm³/mol. The lowest BCUT2D eigenvalue weighted by molar-refractivity contribution is 0.232. The molecule has 1 atom stereocenters. The van der Waals surface area contributed by atoms with Crippen LogP contribution in [0.1, 0.15) is 39.5 Å². The fourth-order valence-electron chi connectivity index (χ4n) is 3.00. The van der Waals surface area contributed by atoms with Crippen LogP contribution >= 0.6 is 0 Å². The standard InChI is InChI=1S/C12H25N3O2S/c1-10(2)14-18(16,17)15-8-5-11(6-9-15)12-4-3-7-13-12/h10-14H,3-9H2,1-2H3. The molecule has 5 nitrogen and oxygen atoms in total. The first-order chi connectivity index (χ1) is 8.49. The maximum Gasteiger partial charge on any atom is 0.279 e. The second-order valence-corrected chi connectivity index (χ2v) is 7.42. The monoisotopic (exact) mass is 275 g/mol. The van der Waals surface area contributed by atoms with E-state index >= 15 is 0 Å². The molecule has 0 spiro atoms. The molecule has 0 aromatic rings. The van der Waals surface area contributed by atoms with Gasteiger partial charge in [0.05, 0.1) is 0 Å². The Kier molecular flexibility index (Phi) is 4.64. The summed E-state index contributed by atoms with van der Waals surface area (Å²) in [5.41, 5.74) is 0. The summed E-state index contributed by atoms with van der Waals surface area (Å²) in [5, 5.41) is 3.53. The van der Waals surface area contributed by atoms with Crippen molar-refractivity contribution in [2.45, 2.75) is 51.6 Å². The van der Waals surface area contributed by atoms with Gasteiger partial charge in [-0.1, -0.05) is 0 Å². The van der Waals surface area contributed by atoms with Gasteiger partial charge in [-0.3, -0.25) is 0 Å². The van der Waals surface area contributed by atoms with Crippen molar-refractivity contribution in [1.82, 2.24) is 14.3 Å². The van der Waals surface area contributed by atoms with E-state index in [9.17, 15) is 8.42 Å². The third-order valence-corrected chi connectivity index (χ3v) is 5.70. The molecule has 2 saturated heterocycles. The minimum Gasteiger partial charge on any atom is -0.314 e. The zero-order valence-corrected chi connectivity index (χ0v) is 12.2. The normalized spacial score (nSPS) is 28.1. The largest absolute Gasteiger partial charge is 0.314 e. The summed E-state index contributed by atoms with van der Waals surface area (Å²) in [4.78, 5) is 0. The highest BCUT2D eigenvalue weighted by Crippen LogP contribution is 2.26. The van der Waals surface area contributed by atoms with Gasteiger partial charge in [0.15, 0.2) is 0 Å². The molecule has 0 aromatic heterocycles. The van der Waals surface area contributed by atoms with Crippen molar-refractivity contribution in [2.24, 2.45) is 5.92 Å². The Bertz CT molecular complexity index is 356. The predicted octanol–water partition coefficient (Wildman–Crippen LogP) is 0.693. The van der Waals surface area contributed by atoms with E-state index in [0.717, 1.165) is 19.4 Å². The van der Waals surface area contributed by atoms with E-state index in [4.69, 9.17) is 0 Å². The first-order valence-corrected chi connectivity index (χ1v) is 8.44. The highest BCUT2D eigenvalue weighted by Gasteiger charge is 2.32. The lowest BCUT2D eigenvalue weighted by atomic mass is 9.89. The van der Waals surface area contributed by atoms with Gasteiger partial charge in [0.1, 0.15) is 0 Å². The summed E-state index contributed by atoms with van der Waals surface area (Å²) in [6.45, 7) is 6.15. The van der Waals surface area contributed by atoms with Crippen LogP contribution in [0.5, 0.6) is 0 Å². The van der Waals surface area contributed by atoms with Crippen molar-refractivity contribution in [1.29, 1.82) is 0 Å². The third-order valence-electron chi connectivity index (χ3n) is 3.89. The highest BCUT2D eigenvalue weighted by molar-refractivity contribution is 7.87. The summed E-state index contributed by atoms with van der Waals surface area (Å²) >= 11 is 0. The molecule has 0 aliphatic carbocycles. The number of piperidine rings is 1. The van der Waals surface area contributed by atoms with Gasteiger partial charge >= 0.3 is 0 Å². The summed E-state index contributed by atoms with van der Waals surface area (Å²) < 4.78 is 28.3. The Labute approximate surface area is 110 Å². The molecule has 0 bridgehead atoms. The molecule has 2 N–H and O–H groups in total. The van der Waals surface area contributed by atoms with E-state index in [-0.39, 0.29) is 6.04 Å². The van der Waals surface area contributed by atoms with Gasteiger partial charge in [-0.2, -0.15) is 17.4 Å². The van der Waals surface area contributed by atoms with Crippen molar-refractivity contribution in [2.75, 3.05) is 19.6 Å². The zero-order valence-electron chi connectivity index (χ0n) is 11.4. The van der Waals surface area contributed by atoms with Gasteiger partial charge in [-0.25, -0.2) is 0 Å². The molecular formula is C12H25N3O2S. The average Bonchev–Trinajstić information content (AvgIpc) is 2.81. The van der Waals surface area contributed by atoms with Crippen LogP contribution in [-0.2, 0) is 10.2 Å². The van der Waals surface area contributed by atoms with Crippen molar-refractivity contribution in [3.63, 3.8) is 0 Å². The van der Waals surface area contributed by atoms with E-state index in [1.165, 1.54) is 12.8 Å². The molecule has 106 valence electrons. The highest BCUT2D eigenvalue weighted by atomic mass is 32.2. The minimum absolute atomic E-state index is 0.0378. The molecule has 18 heavy (non-hydrogen) atoms. The van der Waals surface area contributed by atoms with E-state index < -0.39 is 10.2 Å². The van der Waals surface area contributed by atoms with Crippen molar-refractivity contribution in [3.05, 3.63) is 0 Å². The van der Waals surface area contributed by atoms with Crippen LogP contribution in [0.2, 0.25) is 0 Å². The summed E-state index contributed by atoms with van der Waals surface area (Å²) in [6.07, 6.45) is 4.48. The summed E-state index contributed by atoms with van der Waals surface area (Å²) in [7, 11) is -3.27. The minimum atomic E-state index is -3.27. The smallest absolute Gasteiger partial charge is 0.279 e. The molecule has 2 rings (SSSR count). The van der Waals surface area contributed by atoms with Gasteiger partial charge < -0.3 is 5.32 Å². The van der Waals surface area contributed by atoms with Gasteiger partial charge in [0, 0.05) is 25.2 Å². The van der Waals surface area contributed by atoms with Gasteiger partial charge in [-0.15, -0.1) is 0 Å². The molecule has 2 fully saturated rings. The van der Waals surface area contributed by atoms with Crippen LogP contribution < -0.4 is 10.0 Å². The van der Waals surface area contributed by atoms with Gasteiger partial charge in [-0.05, 0) is 52.0 Å². The topological polar surface area (TPSA) is 61.4 Å². The van der Waals surface area contributed by atoms with E-state index in [1.54, 1.807) is 4.31 Å². The van der Waals surface area contributed by atoms with Crippen molar-refractivity contribution in [3.8, 4) is 0 Å². The van der Waals surface area contributed by atoms with Crippen molar-refractivity contribution < 1.29 is 8.42 Å². The number of nitrogens with one attached hydrogen (secondary N) is 2. The van der Waals surface area contributed by atoms with E-state index in [2.05, 4.69) is 10.0 Å². The quantitative estimate of drug-likeness (QED) is 0.794. The number of nitrogens with zero attached hydrogens (tertiary/aromatic N) is 1. The van der Waals surface area contributed by atoms with Crippen LogP contribution in [0.15, 0.2) is 0 Å². The maximum atomic E-state index is 12.0. The maximum absolute atomic E-state index is 12.0. The van der Waals surface area contributed by atoms with E-state index in [1.807, 2.05) is 13.8 Å². The molecule has 0 saturated carbocycles. The first kappa shape index (κ1) is 14.2. The molecule has 2 aliphatic heterocycles. The molecule has 0 aromatic carbocycles. The van der Waals surface area contributed by atoms with Crippen LogP contribution in [0.4, 0.5) is 0 Å². The fourth-order valence-corrected chi connectivity index (χ4v) is 4.44. The summed E-state index contributed by atoms with van der Waals surface area (Å²) in [5.74, 6) is 0.651. The lowest BCUT2D eigenvalue weighted by Gasteiger charge is -2.34. The number of hydrogen-bond acceptors (Lipinski definition) is 3. The summed E-state index contributed by atoms with van der Waals surface area (Å²) in [6, 6.07) is 0.581. The second kappa shape index (κ2) is 5.86. The first-order valence-electron chi connectivity index (χ1n) is 7.00. The average molecular weight is 275 g/mol. The Morgan fingerprint density at radius 3 is 2.39 bits per heavy atom. The number of hydrogen-bond donors (Lipinski definition) is 2. The van der Waals surface area contributed by atoms with Gasteiger partial charge in [0.2, 0.25) is 0 Å². The van der Waals surface area contributed by atoms with Crippen LogP contribution in [0, 0.1) is 5.92 Å². The van der Waals surface area contributed by atoms with Crippen molar-refractivity contribution >= 4 is 10.2 Å². The van der Waals surface area contributed by atoms with Crippen LogP contribution in [0.3, 0.4) is 0 Å². The molecule has 2 heterocycles. The molecule has 2 aliphatic rings. The fraction of sp³-hybridized carbons (Fsp3) is 1.00. The number of rotatable bonds is 4. The zero-order chi connectivity index (χ0) is 13.2. The Morgan fingerprint density at radius 1 is 1.22 bits per heavy atom. The van der Waals surface area contributed by atoms with Crippen LogP contribution in [0.25, 0.3) is 0 Å². The molecule has 0 radical (unpaired) electrons. The van der Waals surface area contributed by atoms with Crippen LogP contribution in [-0.4, -0.2) is 44.4 Å². The second-order valence-electron chi connectivity index (χ2n) is 5.72. The molecule has 6 heteroatoms. The SMILES string of the molecule is CC(C)NS(=O)(=O)N1CCC(C2CCCN2)CC1. The Hall–Kier alpha value is -0.170. The molecule has 1 unspecified atom stereocenters. The van der Waals surface area contributed by atoms with E-state index in [0.29, 0.717) is 25.0 Å².